The number of rotatable bonds is 4. The summed E-state index contributed by atoms with van der Waals surface area (Å²) in [6.07, 6.45) is 7.03. The Balaban J connectivity index is 2.99. The molecule has 0 spiro atoms. The maximum Gasteiger partial charge on any atom is 0.0945 e. The van der Waals surface area contributed by atoms with E-state index in [4.69, 9.17) is 4.74 Å². The van der Waals surface area contributed by atoms with Gasteiger partial charge >= 0.3 is 0 Å². The molecule has 0 fully saturated rings. The Morgan fingerprint density at radius 2 is 2.33 bits per heavy atom. The zero-order valence-corrected chi connectivity index (χ0v) is 9.82. The van der Waals surface area contributed by atoms with Crippen LogP contribution in [0.25, 0.3) is 5.70 Å². The SMILES string of the molecule is CC/C=C(\C=C(/C)OC)n1ccc(C)n1. The molecule has 0 saturated carbocycles. The van der Waals surface area contributed by atoms with Crippen molar-refractivity contribution in [3.8, 4) is 0 Å². The maximum atomic E-state index is 5.13. The lowest BCUT2D eigenvalue weighted by atomic mass is 10.3. The highest BCUT2D eigenvalue weighted by Gasteiger charge is 1.99. The molecule has 0 saturated heterocycles. The van der Waals surface area contributed by atoms with Gasteiger partial charge in [-0.15, -0.1) is 0 Å². The predicted molar refractivity (Wildman–Crippen MR) is 62.3 cm³/mol. The Kier molecular flexibility index (Phi) is 4.16. The summed E-state index contributed by atoms with van der Waals surface area (Å²) in [5.74, 6) is 0.878. The van der Waals surface area contributed by atoms with Gasteiger partial charge in [0.05, 0.1) is 24.3 Å². The van der Waals surface area contributed by atoms with Crippen LogP contribution in [0.15, 0.2) is 30.2 Å². The van der Waals surface area contributed by atoms with Crippen molar-refractivity contribution in [2.45, 2.75) is 27.2 Å². The second kappa shape index (κ2) is 5.39. The molecule has 3 nitrogen and oxygen atoms in total. The number of nitrogens with zero attached hydrogens (tertiary/aromatic N) is 2. The Labute approximate surface area is 91.1 Å². The van der Waals surface area contributed by atoms with Crippen molar-refractivity contribution < 1.29 is 4.74 Å². The summed E-state index contributed by atoms with van der Waals surface area (Å²) in [4.78, 5) is 0. The van der Waals surface area contributed by atoms with E-state index in [1.165, 1.54) is 0 Å². The zero-order valence-electron chi connectivity index (χ0n) is 9.82. The summed E-state index contributed by atoms with van der Waals surface area (Å²) in [6.45, 7) is 6.01. The summed E-state index contributed by atoms with van der Waals surface area (Å²) in [5.41, 5.74) is 2.06. The van der Waals surface area contributed by atoms with E-state index < -0.39 is 0 Å². The summed E-state index contributed by atoms with van der Waals surface area (Å²) >= 11 is 0. The van der Waals surface area contributed by atoms with Gasteiger partial charge in [-0.3, -0.25) is 0 Å². The van der Waals surface area contributed by atoms with Gasteiger partial charge in [0, 0.05) is 12.3 Å². The minimum atomic E-state index is 0.878. The van der Waals surface area contributed by atoms with Gasteiger partial charge in [0.25, 0.3) is 0 Å². The third-order valence-corrected chi connectivity index (χ3v) is 2.07. The number of methoxy groups -OCH3 is 1. The molecule has 0 atom stereocenters. The predicted octanol–water partition coefficient (Wildman–Crippen LogP) is 2.99. The average Bonchev–Trinajstić information content (AvgIpc) is 2.64. The van der Waals surface area contributed by atoms with E-state index >= 15 is 0 Å². The average molecular weight is 206 g/mol. The Bertz CT molecular complexity index is 375. The van der Waals surface area contributed by atoms with Crippen LogP contribution in [0.1, 0.15) is 26.0 Å². The van der Waals surface area contributed by atoms with Crippen LogP contribution in [0.4, 0.5) is 0 Å². The van der Waals surface area contributed by atoms with Crippen LogP contribution in [0, 0.1) is 6.92 Å². The molecular weight excluding hydrogens is 188 g/mol. The van der Waals surface area contributed by atoms with Gasteiger partial charge in [-0.05, 0) is 26.3 Å². The van der Waals surface area contributed by atoms with E-state index in [0.717, 1.165) is 23.6 Å². The first-order valence-electron chi connectivity index (χ1n) is 5.12. The molecule has 1 aromatic rings. The summed E-state index contributed by atoms with van der Waals surface area (Å²) < 4.78 is 7.00. The molecule has 82 valence electrons. The first-order valence-corrected chi connectivity index (χ1v) is 5.12. The van der Waals surface area contributed by atoms with Gasteiger partial charge in [0.2, 0.25) is 0 Å². The van der Waals surface area contributed by atoms with Gasteiger partial charge < -0.3 is 4.74 Å². The van der Waals surface area contributed by atoms with Crippen molar-refractivity contribution in [2.75, 3.05) is 7.11 Å². The van der Waals surface area contributed by atoms with E-state index in [1.807, 2.05) is 36.9 Å². The molecule has 0 radical (unpaired) electrons. The largest absolute Gasteiger partial charge is 0.501 e. The third-order valence-electron chi connectivity index (χ3n) is 2.07. The van der Waals surface area contributed by atoms with Crippen LogP contribution in [0.2, 0.25) is 0 Å². The number of aromatic nitrogens is 2. The van der Waals surface area contributed by atoms with E-state index in [0.29, 0.717) is 0 Å². The molecule has 1 rings (SSSR count). The molecule has 0 N–H and O–H groups in total. The Hall–Kier alpha value is -1.51. The third kappa shape index (κ3) is 3.27. The number of aryl methyl sites for hydroxylation is 1. The van der Waals surface area contributed by atoms with E-state index in [-0.39, 0.29) is 0 Å². The van der Waals surface area contributed by atoms with Crippen molar-refractivity contribution >= 4 is 5.70 Å². The van der Waals surface area contributed by atoms with Crippen LogP contribution in [0.5, 0.6) is 0 Å². The van der Waals surface area contributed by atoms with Gasteiger partial charge in [0.15, 0.2) is 0 Å². The fourth-order valence-corrected chi connectivity index (χ4v) is 1.25. The van der Waals surface area contributed by atoms with Crippen LogP contribution in [-0.4, -0.2) is 16.9 Å². The molecule has 0 bridgehead atoms. The van der Waals surface area contributed by atoms with Crippen molar-refractivity contribution in [3.05, 3.63) is 35.9 Å². The zero-order chi connectivity index (χ0) is 11.3. The normalized spacial score (nSPS) is 13.1. The molecule has 0 unspecified atom stereocenters. The van der Waals surface area contributed by atoms with Crippen LogP contribution >= 0.6 is 0 Å². The first kappa shape index (κ1) is 11.6. The summed E-state index contributed by atoms with van der Waals surface area (Å²) in [6, 6.07) is 1.99. The fourth-order valence-electron chi connectivity index (χ4n) is 1.25. The first-order chi connectivity index (χ1) is 7.17. The maximum absolute atomic E-state index is 5.13. The van der Waals surface area contributed by atoms with Gasteiger partial charge in [-0.2, -0.15) is 5.10 Å². The smallest absolute Gasteiger partial charge is 0.0945 e. The quantitative estimate of drug-likeness (QED) is 0.559. The molecule has 0 amide bonds. The van der Waals surface area contributed by atoms with E-state index in [9.17, 15) is 0 Å². The molecule has 3 heteroatoms. The lowest BCUT2D eigenvalue weighted by Crippen LogP contribution is -1.97. The van der Waals surface area contributed by atoms with Gasteiger partial charge in [-0.1, -0.05) is 13.0 Å². The van der Waals surface area contributed by atoms with Crippen molar-refractivity contribution in [2.24, 2.45) is 0 Å². The molecule has 0 aliphatic heterocycles. The Morgan fingerprint density at radius 3 is 2.80 bits per heavy atom. The second-order valence-electron chi connectivity index (χ2n) is 3.40. The highest BCUT2D eigenvalue weighted by Crippen LogP contribution is 2.10. The fraction of sp³-hybridized carbons (Fsp3) is 0.417. The molecule has 1 aromatic heterocycles. The van der Waals surface area contributed by atoms with Crippen molar-refractivity contribution in [1.82, 2.24) is 9.78 Å². The summed E-state index contributed by atoms with van der Waals surface area (Å²) in [5, 5.41) is 4.37. The van der Waals surface area contributed by atoms with Crippen LogP contribution < -0.4 is 0 Å². The number of ether oxygens (including phenoxy) is 1. The van der Waals surface area contributed by atoms with Crippen LogP contribution in [0.3, 0.4) is 0 Å². The molecule has 0 aliphatic rings. The second-order valence-corrected chi connectivity index (χ2v) is 3.40. The Morgan fingerprint density at radius 1 is 1.60 bits per heavy atom. The van der Waals surface area contributed by atoms with Gasteiger partial charge in [-0.25, -0.2) is 4.68 Å². The van der Waals surface area contributed by atoms with Crippen LogP contribution in [-0.2, 0) is 4.74 Å². The number of hydrogen-bond acceptors (Lipinski definition) is 2. The topological polar surface area (TPSA) is 27.1 Å². The molecule has 15 heavy (non-hydrogen) atoms. The monoisotopic (exact) mass is 206 g/mol. The minimum absolute atomic E-state index is 0.878. The minimum Gasteiger partial charge on any atom is -0.501 e. The highest BCUT2D eigenvalue weighted by molar-refractivity contribution is 5.56. The van der Waals surface area contributed by atoms with E-state index in [2.05, 4.69) is 18.1 Å². The van der Waals surface area contributed by atoms with E-state index in [1.54, 1.807) is 7.11 Å². The highest BCUT2D eigenvalue weighted by atomic mass is 16.5. The molecule has 0 aliphatic carbocycles. The lowest BCUT2D eigenvalue weighted by Gasteiger charge is -2.04. The molecular formula is C12H18N2O. The lowest BCUT2D eigenvalue weighted by molar-refractivity contribution is 0.294. The van der Waals surface area contributed by atoms with Crippen molar-refractivity contribution in [3.63, 3.8) is 0 Å². The molecule has 1 heterocycles. The molecule has 0 aromatic carbocycles. The summed E-state index contributed by atoms with van der Waals surface area (Å²) in [7, 11) is 1.67. The standard InChI is InChI=1S/C12H18N2O/c1-5-6-12(9-11(3)15-4)14-8-7-10(2)13-14/h6-9H,5H2,1-4H3/b11-9+,12-6+. The number of hydrogen-bond donors (Lipinski definition) is 0. The van der Waals surface area contributed by atoms with Crippen molar-refractivity contribution in [1.29, 1.82) is 0 Å². The number of allylic oxidation sites excluding steroid dienone is 4. The van der Waals surface area contributed by atoms with Gasteiger partial charge in [0.1, 0.15) is 0 Å².